The lowest BCUT2D eigenvalue weighted by Gasteiger charge is -2.09. The smallest absolute Gasteiger partial charge is 0.216 e. The molecule has 0 aliphatic heterocycles. The van der Waals surface area contributed by atoms with Gasteiger partial charge in [0.1, 0.15) is 0 Å². The number of benzene rings is 2. The van der Waals surface area contributed by atoms with Crippen molar-refractivity contribution in [3.05, 3.63) is 69.2 Å². The molecule has 0 bridgehead atoms. The minimum atomic E-state index is -3.56. The summed E-state index contributed by atoms with van der Waals surface area (Å²) in [5.74, 6) is -0.352. The van der Waals surface area contributed by atoms with Gasteiger partial charge in [0.2, 0.25) is 20.0 Å². The normalized spacial score (nSPS) is 12.3. The minimum absolute atomic E-state index is 0.0999. The summed E-state index contributed by atoms with van der Waals surface area (Å²) in [6.45, 7) is 0.0999. The second-order valence-corrected chi connectivity index (χ2v) is 10.2. The molecule has 0 aromatic heterocycles. The molecule has 0 radical (unpaired) electrons. The van der Waals surface area contributed by atoms with Crippen LogP contribution in [0.25, 0.3) is 0 Å². The van der Waals surface area contributed by atoms with Gasteiger partial charge in [0.15, 0.2) is 0 Å². The summed E-state index contributed by atoms with van der Waals surface area (Å²) in [4.78, 5) is 0. The largest absolute Gasteiger partial charge is 0.218 e. The van der Waals surface area contributed by atoms with E-state index < -0.39 is 20.0 Å². The van der Waals surface area contributed by atoms with Crippen molar-refractivity contribution in [2.45, 2.75) is 18.1 Å². The Bertz CT molecular complexity index is 976. The van der Waals surface area contributed by atoms with E-state index in [1.165, 1.54) is 13.1 Å². The lowest BCUT2D eigenvalue weighted by molar-refractivity contribution is 0.580. The summed E-state index contributed by atoms with van der Waals surface area (Å²) in [5, 5.41) is 0.660. The molecule has 2 N–H and O–H groups in total. The van der Waals surface area contributed by atoms with E-state index in [9.17, 15) is 16.8 Å². The molecule has 2 aromatic rings. The Balaban J connectivity index is 1.97. The second kappa shape index (κ2) is 8.69. The van der Waals surface area contributed by atoms with Crippen molar-refractivity contribution >= 4 is 43.2 Å². The van der Waals surface area contributed by atoms with Crippen LogP contribution in [0.1, 0.15) is 16.7 Å². The molecule has 0 aliphatic rings. The highest BCUT2D eigenvalue weighted by atomic mass is 35.5. The zero-order chi connectivity index (χ0) is 19.4. The lowest BCUT2D eigenvalue weighted by atomic mass is 10.1. The Labute approximate surface area is 163 Å². The Morgan fingerprint density at radius 1 is 0.769 bits per heavy atom. The molecule has 26 heavy (non-hydrogen) atoms. The van der Waals surface area contributed by atoms with Crippen LogP contribution in [0.5, 0.6) is 0 Å². The maximum atomic E-state index is 12.2. The van der Waals surface area contributed by atoms with Crippen molar-refractivity contribution in [1.82, 2.24) is 9.44 Å². The van der Waals surface area contributed by atoms with Crippen LogP contribution in [-0.4, -0.2) is 23.9 Å². The number of hydrogen-bond acceptors (Lipinski definition) is 4. The highest BCUT2D eigenvalue weighted by Crippen LogP contribution is 2.23. The summed E-state index contributed by atoms with van der Waals surface area (Å²) >= 11 is 11.7. The van der Waals surface area contributed by atoms with Gasteiger partial charge in [-0.15, -0.1) is 0 Å². The van der Waals surface area contributed by atoms with E-state index in [4.69, 9.17) is 23.2 Å². The van der Waals surface area contributed by atoms with E-state index in [2.05, 4.69) is 9.44 Å². The topological polar surface area (TPSA) is 92.3 Å². The standard InChI is InChI=1S/C16H18Cl2N2O4S2/c1-19-25(21,22)10-13-4-2-12(3-5-13)9-20-26(23,24)11-14-6-7-15(17)16(18)8-14/h2-8,19-20H,9-11H2,1H3. The Kier molecular flexibility index (Phi) is 7.06. The molecule has 0 heterocycles. The average Bonchev–Trinajstić information content (AvgIpc) is 2.57. The Morgan fingerprint density at radius 2 is 1.31 bits per heavy atom. The van der Waals surface area contributed by atoms with Gasteiger partial charge in [0.25, 0.3) is 0 Å². The van der Waals surface area contributed by atoms with Crippen molar-refractivity contribution in [3.63, 3.8) is 0 Å². The molecule has 0 saturated heterocycles. The van der Waals surface area contributed by atoms with Crippen LogP contribution in [0.4, 0.5) is 0 Å². The van der Waals surface area contributed by atoms with E-state index in [0.717, 1.165) is 0 Å². The van der Waals surface area contributed by atoms with Gasteiger partial charge in [0, 0.05) is 6.54 Å². The molecule has 0 atom stereocenters. The number of rotatable bonds is 8. The van der Waals surface area contributed by atoms with Crippen LogP contribution >= 0.6 is 23.2 Å². The van der Waals surface area contributed by atoms with Gasteiger partial charge in [-0.25, -0.2) is 26.3 Å². The molecule has 10 heteroatoms. The van der Waals surface area contributed by atoms with Crippen molar-refractivity contribution in [2.75, 3.05) is 7.05 Å². The van der Waals surface area contributed by atoms with Crippen LogP contribution in [0.15, 0.2) is 42.5 Å². The number of nitrogens with one attached hydrogen (secondary N) is 2. The van der Waals surface area contributed by atoms with Crippen molar-refractivity contribution < 1.29 is 16.8 Å². The maximum Gasteiger partial charge on any atom is 0.216 e. The highest BCUT2D eigenvalue weighted by molar-refractivity contribution is 7.88. The third-order valence-electron chi connectivity index (χ3n) is 3.53. The molecule has 0 saturated carbocycles. The second-order valence-electron chi connectivity index (χ2n) is 5.61. The molecule has 0 aliphatic carbocycles. The van der Waals surface area contributed by atoms with Crippen LogP contribution in [0.2, 0.25) is 10.0 Å². The summed E-state index contributed by atoms with van der Waals surface area (Å²) in [6.07, 6.45) is 0. The molecular weight excluding hydrogens is 419 g/mol. The zero-order valence-corrected chi connectivity index (χ0v) is 17.0. The van der Waals surface area contributed by atoms with E-state index in [1.807, 2.05) is 0 Å². The van der Waals surface area contributed by atoms with E-state index in [0.29, 0.717) is 26.7 Å². The molecule has 2 aromatic carbocycles. The monoisotopic (exact) mass is 436 g/mol. The van der Waals surface area contributed by atoms with Gasteiger partial charge in [-0.2, -0.15) is 0 Å². The summed E-state index contributed by atoms with van der Waals surface area (Å²) in [5.41, 5.74) is 1.86. The zero-order valence-electron chi connectivity index (χ0n) is 13.9. The quantitative estimate of drug-likeness (QED) is 0.664. The first kappa shape index (κ1) is 21.1. The lowest BCUT2D eigenvalue weighted by Crippen LogP contribution is -2.24. The highest BCUT2D eigenvalue weighted by Gasteiger charge is 2.13. The Morgan fingerprint density at radius 3 is 1.88 bits per heavy atom. The van der Waals surface area contributed by atoms with Gasteiger partial charge in [-0.3, -0.25) is 0 Å². The number of halogens is 2. The molecule has 6 nitrogen and oxygen atoms in total. The van der Waals surface area contributed by atoms with Crippen molar-refractivity contribution in [2.24, 2.45) is 0 Å². The molecule has 2 rings (SSSR count). The van der Waals surface area contributed by atoms with Gasteiger partial charge in [-0.05, 0) is 35.9 Å². The van der Waals surface area contributed by atoms with Crippen molar-refractivity contribution in [3.8, 4) is 0 Å². The number of hydrogen-bond donors (Lipinski definition) is 2. The maximum absolute atomic E-state index is 12.2. The average molecular weight is 437 g/mol. The molecule has 0 unspecified atom stereocenters. The van der Waals surface area contributed by atoms with E-state index >= 15 is 0 Å². The van der Waals surface area contributed by atoms with E-state index in [1.54, 1.807) is 36.4 Å². The minimum Gasteiger partial charge on any atom is -0.218 e. The van der Waals surface area contributed by atoms with E-state index in [-0.39, 0.29) is 18.1 Å². The van der Waals surface area contributed by atoms with Crippen molar-refractivity contribution in [1.29, 1.82) is 0 Å². The first-order chi connectivity index (χ1) is 12.1. The molecule has 142 valence electrons. The van der Waals surface area contributed by atoms with Gasteiger partial charge >= 0.3 is 0 Å². The first-order valence-electron chi connectivity index (χ1n) is 7.50. The summed E-state index contributed by atoms with van der Waals surface area (Å²) in [6, 6.07) is 11.3. The summed E-state index contributed by atoms with van der Waals surface area (Å²) < 4.78 is 52.1. The van der Waals surface area contributed by atoms with Crippen LogP contribution in [0, 0.1) is 0 Å². The third kappa shape index (κ3) is 6.53. The fourth-order valence-electron chi connectivity index (χ4n) is 2.14. The Hall–Kier alpha value is -1.16. The molecule has 0 spiro atoms. The third-order valence-corrected chi connectivity index (χ3v) is 6.90. The molecule has 0 amide bonds. The predicted molar refractivity (Wildman–Crippen MR) is 104 cm³/mol. The van der Waals surface area contributed by atoms with Gasteiger partial charge in [0.05, 0.1) is 21.6 Å². The first-order valence-corrected chi connectivity index (χ1v) is 11.6. The SMILES string of the molecule is CNS(=O)(=O)Cc1ccc(CNS(=O)(=O)Cc2ccc(Cl)c(Cl)c2)cc1. The van der Waals surface area contributed by atoms with Crippen LogP contribution < -0.4 is 9.44 Å². The fourth-order valence-corrected chi connectivity index (χ4v) is 4.34. The fraction of sp³-hybridized carbons (Fsp3) is 0.250. The predicted octanol–water partition coefficient (Wildman–Crippen LogP) is 2.66. The van der Waals surface area contributed by atoms with Crippen LogP contribution in [-0.2, 0) is 38.1 Å². The van der Waals surface area contributed by atoms with Crippen LogP contribution in [0.3, 0.4) is 0 Å². The summed E-state index contributed by atoms with van der Waals surface area (Å²) in [7, 11) is -5.55. The molecular formula is C16H18Cl2N2O4S2. The number of sulfonamides is 2. The molecule has 0 fully saturated rings. The van der Waals surface area contributed by atoms with Gasteiger partial charge < -0.3 is 0 Å². The van der Waals surface area contributed by atoms with Gasteiger partial charge in [-0.1, -0.05) is 53.5 Å².